The van der Waals surface area contributed by atoms with Gasteiger partial charge < -0.3 is 9.80 Å². The molecule has 5 nitrogen and oxygen atoms in total. The van der Waals surface area contributed by atoms with E-state index < -0.39 is 0 Å². The number of aromatic nitrogens is 2. The average molecular weight is 254 g/mol. The summed E-state index contributed by atoms with van der Waals surface area (Å²) in [6.45, 7) is 5.70. The minimum Gasteiger partial charge on any atom is -0.348 e. The fourth-order valence-corrected chi connectivity index (χ4v) is 2.57. The molecule has 0 aromatic carbocycles. The highest BCUT2D eigenvalue weighted by Gasteiger charge is 2.35. The maximum Gasteiger partial charge on any atom is 0.228 e. The standard InChI is InChI=1S/C11H18N4OS/c1-7(2)9-12-11(17-13-9)15-5-8(6-15)10(16)14(3)4/h7-8H,5-6H2,1-4H3. The topological polar surface area (TPSA) is 49.3 Å². The van der Waals surface area contributed by atoms with Crippen molar-refractivity contribution in [3.8, 4) is 0 Å². The molecule has 1 amide bonds. The number of amides is 1. The number of hydrogen-bond acceptors (Lipinski definition) is 5. The minimum absolute atomic E-state index is 0.122. The molecule has 0 saturated carbocycles. The first-order chi connectivity index (χ1) is 7.99. The summed E-state index contributed by atoms with van der Waals surface area (Å²) < 4.78 is 4.32. The predicted molar refractivity (Wildman–Crippen MR) is 68.4 cm³/mol. The van der Waals surface area contributed by atoms with Crippen LogP contribution >= 0.6 is 11.5 Å². The van der Waals surface area contributed by atoms with Crippen molar-refractivity contribution in [2.24, 2.45) is 5.92 Å². The summed E-state index contributed by atoms with van der Waals surface area (Å²) in [6, 6.07) is 0. The number of carbonyl (C=O) groups is 1. The van der Waals surface area contributed by atoms with Crippen LogP contribution in [-0.2, 0) is 4.79 Å². The van der Waals surface area contributed by atoms with E-state index in [0.29, 0.717) is 5.92 Å². The third-order valence-electron chi connectivity index (χ3n) is 2.89. The zero-order chi connectivity index (χ0) is 12.6. The average Bonchev–Trinajstić information content (AvgIpc) is 2.64. The molecule has 1 fully saturated rings. The van der Waals surface area contributed by atoms with Crippen molar-refractivity contribution in [1.82, 2.24) is 14.3 Å². The fourth-order valence-electron chi connectivity index (χ4n) is 1.75. The van der Waals surface area contributed by atoms with E-state index in [1.807, 2.05) is 0 Å². The van der Waals surface area contributed by atoms with Gasteiger partial charge in [0, 0.05) is 44.6 Å². The molecule has 0 bridgehead atoms. The molecule has 2 heterocycles. The summed E-state index contributed by atoms with van der Waals surface area (Å²) >= 11 is 1.42. The molecular formula is C11H18N4OS. The number of rotatable bonds is 3. The van der Waals surface area contributed by atoms with Crippen LogP contribution in [0.5, 0.6) is 0 Å². The lowest BCUT2D eigenvalue weighted by molar-refractivity contribution is -0.133. The summed E-state index contributed by atoms with van der Waals surface area (Å²) in [7, 11) is 3.60. The molecular weight excluding hydrogens is 236 g/mol. The Morgan fingerprint density at radius 3 is 2.59 bits per heavy atom. The lowest BCUT2D eigenvalue weighted by atomic mass is 10.00. The van der Waals surface area contributed by atoms with Crippen molar-refractivity contribution in [2.75, 3.05) is 32.1 Å². The van der Waals surface area contributed by atoms with Crippen molar-refractivity contribution in [3.63, 3.8) is 0 Å². The fraction of sp³-hybridized carbons (Fsp3) is 0.727. The second-order valence-corrected chi connectivity index (χ2v) is 5.65. The predicted octanol–water partition coefficient (Wildman–Crippen LogP) is 1.19. The molecule has 0 spiro atoms. The van der Waals surface area contributed by atoms with Gasteiger partial charge in [-0.25, -0.2) is 4.98 Å². The quantitative estimate of drug-likeness (QED) is 0.813. The summed E-state index contributed by atoms with van der Waals surface area (Å²) in [5.41, 5.74) is 0. The molecule has 2 rings (SSSR count). The summed E-state index contributed by atoms with van der Waals surface area (Å²) in [4.78, 5) is 19.9. The van der Waals surface area contributed by atoms with Crippen molar-refractivity contribution in [3.05, 3.63) is 5.82 Å². The van der Waals surface area contributed by atoms with Gasteiger partial charge in [-0.05, 0) is 0 Å². The molecule has 1 aromatic heterocycles. The van der Waals surface area contributed by atoms with Crippen LogP contribution in [0.3, 0.4) is 0 Å². The van der Waals surface area contributed by atoms with Gasteiger partial charge in [0.1, 0.15) is 5.82 Å². The van der Waals surface area contributed by atoms with Crippen LogP contribution in [-0.4, -0.2) is 47.3 Å². The Balaban J connectivity index is 1.93. The lowest BCUT2D eigenvalue weighted by Crippen LogP contribution is -2.53. The highest BCUT2D eigenvalue weighted by atomic mass is 32.1. The Morgan fingerprint density at radius 2 is 2.12 bits per heavy atom. The second kappa shape index (κ2) is 4.60. The van der Waals surface area contributed by atoms with Gasteiger partial charge in [-0.1, -0.05) is 13.8 Å². The lowest BCUT2D eigenvalue weighted by Gasteiger charge is -2.38. The van der Waals surface area contributed by atoms with E-state index in [1.165, 1.54) is 11.5 Å². The van der Waals surface area contributed by atoms with Crippen LogP contribution in [0.1, 0.15) is 25.6 Å². The van der Waals surface area contributed by atoms with Crippen LogP contribution in [0.15, 0.2) is 0 Å². The molecule has 1 saturated heterocycles. The molecule has 0 N–H and O–H groups in total. The van der Waals surface area contributed by atoms with Gasteiger partial charge in [-0.2, -0.15) is 4.37 Å². The number of hydrogen-bond donors (Lipinski definition) is 0. The third-order valence-corrected chi connectivity index (χ3v) is 3.68. The van der Waals surface area contributed by atoms with Crippen molar-refractivity contribution in [2.45, 2.75) is 19.8 Å². The van der Waals surface area contributed by atoms with Crippen LogP contribution in [0.25, 0.3) is 0 Å². The van der Waals surface area contributed by atoms with E-state index in [1.54, 1.807) is 19.0 Å². The van der Waals surface area contributed by atoms with Gasteiger partial charge in [-0.3, -0.25) is 4.79 Å². The Labute approximate surface area is 106 Å². The molecule has 1 aliphatic heterocycles. The number of anilines is 1. The zero-order valence-electron chi connectivity index (χ0n) is 10.7. The SMILES string of the molecule is CC(C)c1nsc(N2CC(C(=O)N(C)C)C2)n1. The Hall–Kier alpha value is -1.17. The first-order valence-electron chi connectivity index (χ1n) is 5.78. The first-order valence-corrected chi connectivity index (χ1v) is 6.56. The molecule has 1 aromatic rings. The number of nitrogens with zero attached hydrogens (tertiary/aromatic N) is 4. The van der Waals surface area contributed by atoms with Gasteiger partial charge in [0.15, 0.2) is 0 Å². The van der Waals surface area contributed by atoms with Crippen LogP contribution < -0.4 is 4.90 Å². The molecule has 6 heteroatoms. The van der Waals surface area contributed by atoms with Crippen molar-refractivity contribution in [1.29, 1.82) is 0 Å². The maximum absolute atomic E-state index is 11.7. The monoisotopic (exact) mass is 254 g/mol. The first kappa shape index (κ1) is 12.3. The zero-order valence-corrected chi connectivity index (χ0v) is 11.5. The summed E-state index contributed by atoms with van der Waals surface area (Å²) in [5.74, 6) is 1.58. The van der Waals surface area contributed by atoms with E-state index in [0.717, 1.165) is 24.0 Å². The van der Waals surface area contributed by atoms with Crippen molar-refractivity contribution >= 4 is 22.6 Å². The molecule has 17 heavy (non-hydrogen) atoms. The minimum atomic E-state index is 0.122. The molecule has 0 unspecified atom stereocenters. The Morgan fingerprint density at radius 1 is 1.47 bits per heavy atom. The van der Waals surface area contributed by atoms with Gasteiger partial charge >= 0.3 is 0 Å². The van der Waals surface area contributed by atoms with Gasteiger partial charge in [-0.15, -0.1) is 0 Å². The third kappa shape index (κ3) is 2.41. The van der Waals surface area contributed by atoms with E-state index >= 15 is 0 Å². The van der Waals surface area contributed by atoms with Gasteiger partial charge in [0.2, 0.25) is 11.0 Å². The Bertz CT molecular complexity index is 409. The molecule has 1 aliphatic rings. The summed E-state index contributed by atoms with van der Waals surface area (Å²) in [5, 5.41) is 0.941. The van der Waals surface area contributed by atoms with Crippen LogP contribution in [0.2, 0.25) is 0 Å². The second-order valence-electron chi connectivity index (χ2n) is 4.92. The summed E-state index contributed by atoms with van der Waals surface area (Å²) in [6.07, 6.45) is 0. The molecule has 0 atom stereocenters. The van der Waals surface area contributed by atoms with Gasteiger partial charge in [0.25, 0.3) is 0 Å². The van der Waals surface area contributed by atoms with Crippen LogP contribution in [0, 0.1) is 5.92 Å². The van der Waals surface area contributed by atoms with E-state index in [-0.39, 0.29) is 11.8 Å². The molecule has 0 radical (unpaired) electrons. The highest BCUT2D eigenvalue weighted by molar-refractivity contribution is 7.09. The van der Waals surface area contributed by atoms with E-state index in [4.69, 9.17) is 0 Å². The maximum atomic E-state index is 11.7. The van der Waals surface area contributed by atoms with E-state index in [9.17, 15) is 4.79 Å². The molecule has 94 valence electrons. The van der Waals surface area contributed by atoms with E-state index in [2.05, 4.69) is 28.1 Å². The van der Waals surface area contributed by atoms with Crippen molar-refractivity contribution < 1.29 is 4.79 Å². The smallest absolute Gasteiger partial charge is 0.228 e. The van der Waals surface area contributed by atoms with Crippen LogP contribution in [0.4, 0.5) is 5.13 Å². The molecule has 0 aliphatic carbocycles. The highest BCUT2D eigenvalue weighted by Crippen LogP contribution is 2.28. The largest absolute Gasteiger partial charge is 0.348 e. The normalized spacial score (nSPS) is 16.2. The van der Waals surface area contributed by atoms with Gasteiger partial charge in [0.05, 0.1) is 5.92 Å². The Kier molecular flexibility index (Phi) is 3.33. The number of carbonyl (C=O) groups excluding carboxylic acids is 1.